The van der Waals surface area contributed by atoms with Crippen molar-refractivity contribution in [3.05, 3.63) is 47.3 Å². The molecule has 0 fully saturated rings. The molecule has 1 aromatic carbocycles. The second-order valence-corrected chi connectivity index (χ2v) is 6.88. The summed E-state index contributed by atoms with van der Waals surface area (Å²) in [6, 6.07) is 9.61. The molecular formula is C19H26N4O3S. The lowest BCUT2D eigenvalue weighted by molar-refractivity contribution is -0.117. The Morgan fingerprint density at radius 3 is 2.78 bits per heavy atom. The van der Waals surface area contributed by atoms with E-state index in [1.54, 1.807) is 0 Å². The standard InChI is InChI=1S/C19H26N4O3S/c1-3-26-11-7-10-20-18(25)23-17(24)13-27-19-21-14(2)16(22-19)12-15-8-5-4-6-9-15/h4-6,8-9H,3,7,10-13H2,1-2H3,(H,21,22)(H2,20,23,24,25). The quantitative estimate of drug-likeness (QED) is 0.428. The first-order valence-corrected chi connectivity index (χ1v) is 9.94. The number of amides is 3. The van der Waals surface area contributed by atoms with Crippen LogP contribution in [0.5, 0.6) is 0 Å². The van der Waals surface area contributed by atoms with Gasteiger partial charge in [0, 0.05) is 31.9 Å². The summed E-state index contributed by atoms with van der Waals surface area (Å²) in [5.74, 6) is -0.245. The van der Waals surface area contributed by atoms with Crippen molar-refractivity contribution in [2.24, 2.45) is 0 Å². The monoisotopic (exact) mass is 390 g/mol. The third-order valence-corrected chi connectivity index (χ3v) is 4.60. The zero-order valence-electron chi connectivity index (χ0n) is 15.7. The summed E-state index contributed by atoms with van der Waals surface area (Å²) < 4.78 is 5.18. The number of nitrogens with zero attached hydrogens (tertiary/aromatic N) is 1. The van der Waals surface area contributed by atoms with E-state index in [0.29, 0.717) is 31.3 Å². The number of urea groups is 1. The van der Waals surface area contributed by atoms with Crippen molar-refractivity contribution in [2.75, 3.05) is 25.5 Å². The van der Waals surface area contributed by atoms with Gasteiger partial charge in [0.1, 0.15) is 0 Å². The number of aryl methyl sites for hydroxylation is 1. The van der Waals surface area contributed by atoms with Gasteiger partial charge in [-0.25, -0.2) is 9.78 Å². The second kappa shape index (κ2) is 11.4. The lowest BCUT2D eigenvalue weighted by Crippen LogP contribution is -2.40. The van der Waals surface area contributed by atoms with Gasteiger partial charge in [-0.1, -0.05) is 42.1 Å². The maximum absolute atomic E-state index is 11.9. The molecule has 0 aliphatic rings. The fourth-order valence-corrected chi connectivity index (χ4v) is 3.10. The third-order valence-electron chi connectivity index (χ3n) is 3.73. The Hall–Kier alpha value is -2.32. The van der Waals surface area contributed by atoms with Crippen LogP contribution in [0.3, 0.4) is 0 Å². The second-order valence-electron chi connectivity index (χ2n) is 5.92. The summed E-state index contributed by atoms with van der Waals surface area (Å²) in [6.07, 6.45) is 1.44. The van der Waals surface area contributed by atoms with Gasteiger partial charge in [-0.2, -0.15) is 0 Å². The minimum Gasteiger partial charge on any atom is -0.382 e. The average Bonchev–Trinajstić information content (AvgIpc) is 3.00. The number of imide groups is 1. The van der Waals surface area contributed by atoms with Crippen molar-refractivity contribution in [1.82, 2.24) is 20.6 Å². The highest BCUT2D eigenvalue weighted by atomic mass is 32.2. The highest BCUT2D eigenvalue weighted by molar-refractivity contribution is 7.99. The van der Waals surface area contributed by atoms with Gasteiger partial charge >= 0.3 is 6.03 Å². The summed E-state index contributed by atoms with van der Waals surface area (Å²) in [5.41, 5.74) is 3.12. The lowest BCUT2D eigenvalue weighted by atomic mass is 10.1. The molecule has 0 saturated heterocycles. The number of hydrogen-bond donors (Lipinski definition) is 3. The van der Waals surface area contributed by atoms with Crippen LogP contribution in [0.15, 0.2) is 35.5 Å². The van der Waals surface area contributed by atoms with Crippen molar-refractivity contribution >= 4 is 23.7 Å². The van der Waals surface area contributed by atoms with Gasteiger partial charge < -0.3 is 15.0 Å². The molecule has 2 rings (SSSR count). The number of ether oxygens (including phenoxy) is 1. The fraction of sp³-hybridized carbons (Fsp3) is 0.421. The van der Waals surface area contributed by atoms with Crippen LogP contribution in [0.4, 0.5) is 4.79 Å². The molecule has 1 heterocycles. The topological polar surface area (TPSA) is 96.1 Å². The van der Waals surface area contributed by atoms with Crippen LogP contribution in [0.1, 0.15) is 30.3 Å². The summed E-state index contributed by atoms with van der Waals surface area (Å²) in [6.45, 7) is 5.59. The van der Waals surface area contributed by atoms with Gasteiger partial charge in [0.05, 0.1) is 11.4 Å². The van der Waals surface area contributed by atoms with E-state index in [2.05, 4.69) is 32.7 Å². The summed E-state index contributed by atoms with van der Waals surface area (Å²) in [4.78, 5) is 31.3. The minimum atomic E-state index is -0.488. The van der Waals surface area contributed by atoms with E-state index in [1.807, 2.05) is 32.0 Å². The molecule has 27 heavy (non-hydrogen) atoms. The molecule has 8 heteroatoms. The highest BCUT2D eigenvalue weighted by Gasteiger charge is 2.12. The van der Waals surface area contributed by atoms with Crippen LogP contribution in [-0.4, -0.2) is 47.4 Å². The van der Waals surface area contributed by atoms with Crippen LogP contribution in [0.2, 0.25) is 0 Å². The zero-order valence-corrected chi connectivity index (χ0v) is 16.5. The van der Waals surface area contributed by atoms with Gasteiger partial charge in [-0.15, -0.1) is 0 Å². The molecular weight excluding hydrogens is 364 g/mol. The molecule has 3 amide bonds. The van der Waals surface area contributed by atoms with Crippen LogP contribution in [-0.2, 0) is 16.0 Å². The van der Waals surface area contributed by atoms with Crippen LogP contribution >= 0.6 is 11.8 Å². The van der Waals surface area contributed by atoms with E-state index >= 15 is 0 Å². The first kappa shape index (κ1) is 21.0. The van der Waals surface area contributed by atoms with Crippen molar-refractivity contribution in [3.63, 3.8) is 0 Å². The molecule has 1 aromatic heterocycles. The average molecular weight is 391 g/mol. The third kappa shape index (κ3) is 7.84. The number of nitrogens with one attached hydrogen (secondary N) is 3. The maximum Gasteiger partial charge on any atom is 0.321 e. The smallest absolute Gasteiger partial charge is 0.321 e. The van der Waals surface area contributed by atoms with E-state index in [4.69, 9.17) is 4.74 Å². The molecule has 0 aliphatic carbocycles. The van der Waals surface area contributed by atoms with Gasteiger partial charge in [-0.05, 0) is 25.8 Å². The van der Waals surface area contributed by atoms with Crippen molar-refractivity contribution in [3.8, 4) is 0 Å². The number of benzene rings is 1. The van der Waals surface area contributed by atoms with E-state index in [1.165, 1.54) is 17.3 Å². The molecule has 0 saturated carbocycles. The number of carbonyl (C=O) groups excluding carboxylic acids is 2. The fourth-order valence-electron chi connectivity index (χ4n) is 2.36. The molecule has 2 aromatic rings. The van der Waals surface area contributed by atoms with Gasteiger partial charge in [0.25, 0.3) is 0 Å². The Bertz CT molecular complexity index is 734. The Balaban J connectivity index is 1.72. The molecule has 0 atom stereocenters. The summed E-state index contributed by atoms with van der Waals surface area (Å²) in [7, 11) is 0. The largest absolute Gasteiger partial charge is 0.382 e. The lowest BCUT2D eigenvalue weighted by Gasteiger charge is -2.06. The molecule has 0 aliphatic heterocycles. The molecule has 146 valence electrons. The Labute approximate surface area is 163 Å². The van der Waals surface area contributed by atoms with Crippen LogP contribution < -0.4 is 10.6 Å². The highest BCUT2D eigenvalue weighted by Crippen LogP contribution is 2.18. The number of hydrogen-bond acceptors (Lipinski definition) is 5. The number of H-pyrrole nitrogens is 1. The van der Waals surface area contributed by atoms with Crippen molar-refractivity contribution < 1.29 is 14.3 Å². The number of aromatic amines is 1. The molecule has 0 unspecified atom stereocenters. The van der Waals surface area contributed by atoms with E-state index in [-0.39, 0.29) is 11.7 Å². The molecule has 0 spiro atoms. The zero-order chi connectivity index (χ0) is 19.5. The molecule has 3 N–H and O–H groups in total. The van der Waals surface area contributed by atoms with E-state index < -0.39 is 6.03 Å². The maximum atomic E-state index is 11.9. The van der Waals surface area contributed by atoms with Crippen molar-refractivity contribution in [1.29, 1.82) is 0 Å². The molecule has 7 nitrogen and oxygen atoms in total. The Morgan fingerprint density at radius 2 is 2.04 bits per heavy atom. The Kier molecular flexibility index (Phi) is 8.86. The van der Waals surface area contributed by atoms with E-state index in [0.717, 1.165) is 17.8 Å². The first-order chi connectivity index (χ1) is 13.1. The van der Waals surface area contributed by atoms with E-state index in [9.17, 15) is 9.59 Å². The predicted molar refractivity (Wildman–Crippen MR) is 106 cm³/mol. The first-order valence-electron chi connectivity index (χ1n) is 8.96. The molecule has 0 bridgehead atoms. The number of aromatic nitrogens is 2. The van der Waals surface area contributed by atoms with Crippen LogP contribution in [0.25, 0.3) is 0 Å². The minimum absolute atomic E-state index is 0.115. The Morgan fingerprint density at radius 1 is 1.26 bits per heavy atom. The summed E-state index contributed by atoms with van der Waals surface area (Å²) >= 11 is 1.27. The predicted octanol–water partition coefficient (Wildman–Crippen LogP) is 2.65. The van der Waals surface area contributed by atoms with Gasteiger partial charge in [0.2, 0.25) is 5.91 Å². The summed E-state index contributed by atoms with van der Waals surface area (Å²) in [5, 5.41) is 5.61. The van der Waals surface area contributed by atoms with Gasteiger partial charge in [0.15, 0.2) is 5.16 Å². The number of thioether (sulfide) groups is 1. The van der Waals surface area contributed by atoms with Crippen molar-refractivity contribution in [2.45, 2.75) is 31.8 Å². The number of rotatable bonds is 10. The number of carbonyl (C=O) groups is 2. The normalized spacial score (nSPS) is 10.6. The van der Waals surface area contributed by atoms with Gasteiger partial charge in [-0.3, -0.25) is 10.1 Å². The SMILES string of the molecule is CCOCCCNC(=O)NC(=O)CSc1nc(Cc2ccccc2)c(C)[nH]1. The van der Waals surface area contributed by atoms with Crippen LogP contribution in [0, 0.1) is 6.92 Å². The number of imidazole rings is 1. The molecule has 0 radical (unpaired) electrons.